The minimum atomic E-state index is -1.04. The number of methoxy groups -OCH3 is 1. The highest BCUT2D eigenvalue weighted by atomic mass is 16.5. The second kappa shape index (κ2) is 4.28. The van der Waals surface area contributed by atoms with Crippen molar-refractivity contribution in [1.82, 2.24) is 0 Å². The number of aromatic carboxylic acids is 1. The quantitative estimate of drug-likeness (QED) is 0.785. The van der Waals surface area contributed by atoms with E-state index < -0.39 is 5.97 Å². The summed E-state index contributed by atoms with van der Waals surface area (Å²) in [5, 5.41) is 17.2. The lowest BCUT2D eigenvalue weighted by molar-refractivity contribution is 0.0693. The van der Waals surface area contributed by atoms with Gasteiger partial charge in [-0.25, -0.2) is 4.79 Å². The van der Waals surface area contributed by atoms with Gasteiger partial charge in [0, 0.05) is 0 Å². The molecule has 1 aromatic carbocycles. The minimum Gasteiger partial charge on any atom is -0.496 e. The molecule has 0 unspecified atom stereocenters. The van der Waals surface area contributed by atoms with E-state index in [2.05, 4.69) is 0 Å². The molecule has 0 aliphatic heterocycles. The van der Waals surface area contributed by atoms with Gasteiger partial charge in [0.2, 0.25) is 0 Å². The van der Waals surface area contributed by atoms with Gasteiger partial charge >= 0.3 is 5.97 Å². The Kier molecular flexibility index (Phi) is 3.08. The van der Waals surface area contributed by atoms with Crippen LogP contribution in [0.3, 0.4) is 0 Å². The molecule has 14 heavy (non-hydrogen) atoms. The van der Waals surface area contributed by atoms with E-state index in [0.717, 1.165) is 5.56 Å². The van der Waals surface area contributed by atoms with Crippen LogP contribution in [0, 0.1) is 11.3 Å². The largest absolute Gasteiger partial charge is 0.496 e. The number of rotatable bonds is 3. The molecule has 0 aliphatic carbocycles. The lowest BCUT2D eigenvalue weighted by Crippen LogP contribution is -2.01. The Bertz CT molecular complexity index is 393. The normalized spacial score (nSPS) is 9.14. The SMILES string of the molecule is COc1cc(CC#N)ccc1C(=O)O. The summed E-state index contributed by atoms with van der Waals surface area (Å²) >= 11 is 0. The van der Waals surface area contributed by atoms with Gasteiger partial charge in [0.1, 0.15) is 11.3 Å². The third kappa shape index (κ3) is 2.02. The molecule has 72 valence electrons. The molecular formula is C10H9NO3. The Balaban J connectivity index is 3.12. The zero-order valence-corrected chi connectivity index (χ0v) is 7.65. The lowest BCUT2D eigenvalue weighted by atomic mass is 10.1. The average Bonchev–Trinajstić information content (AvgIpc) is 2.17. The van der Waals surface area contributed by atoms with E-state index in [4.69, 9.17) is 15.1 Å². The van der Waals surface area contributed by atoms with E-state index in [1.54, 1.807) is 12.1 Å². The number of benzene rings is 1. The van der Waals surface area contributed by atoms with Crippen molar-refractivity contribution < 1.29 is 14.6 Å². The number of carbonyl (C=O) groups is 1. The van der Waals surface area contributed by atoms with Crippen LogP contribution in [0.25, 0.3) is 0 Å². The van der Waals surface area contributed by atoms with Gasteiger partial charge in [-0.05, 0) is 17.7 Å². The molecule has 0 amide bonds. The van der Waals surface area contributed by atoms with Gasteiger partial charge in [-0.15, -0.1) is 0 Å². The number of carboxylic acid groups (broad SMARTS) is 1. The van der Waals surface area contributed by atoms with Crippen LogP contribution < -0.4 is 4.74 Å². The highest BCUT2D eigenvalue weighted by Gasteiger charge is 2.10. The minimum absolute atomic E-state index is 0.106. The van der Waals surface area contributed by atoms with Crippen molar-refractivity contribution in [2.75, 3.05) is 7.11 Å². The molecule has 0 fully saturated rings. The number of ether oxygens (including phenoxy) is 1. The smallest absolute Gasteiger partial charge is 0.339 e. The van der Waals surface area contributed by atoms with Crippen molar-refractivity contribution in [3.05, 3.63) is 29.3 Å². The molecule has 4 heteroatoms. The number of hydrogen-bond donors (Lipinski definition) is 1. The van der Waals surface area contributed by atoms with Crippen molar-refractivity contribution in [1.29, 1.82) is 5.26 Å². The number of carboxylic acids is 1. The summed E-state index contributed by atoms with van der Waals surface area (Å²) in [5.74, 6) is -0.754. The highest BCUT2D eigenvalue weighted by molar-refractivity contribution is 5.90. The van der Waals surface area contributed by atoms with Crippen LogP contribution in [0.4, 0.5) is 0 Å². The van der Waals surface area contributed by atoms with Gasteiger partial charge in [0.05, 0.1) is 19.6 Å². The highest BCUT2D eigenvalue weighted by Crippen LogP contribution is 2.20. The summed E-state index contributed by atoms with van der Waals surface area (Å²) in [6.07, 6.45) is 0.246. The first-order valence-corrected chi connectivity index (χ1v) is 3.96. The second-order valence-electron chi connectivity index (χ2n) is 2.67. The Morgan fingerprint density at radius 3 is 2.86 bits per heavy atom. The summed E-state index contributed by atoms with van der Waals surface area (Å²) in [4.78, 5) is 10.7. The molecule has 1 rings (SSSR count). The van der Waals surface area contributed by atoms with Crippen LogP contribution in [0.2, 0.25) is 0 Å². The molecule has 0 saturated carbocycles. The molecule has 0 atom stereocenters. The molecule has 0 aromatic heterocycles. The first-order valence-electron chi connectivity index (χ1n) is 3.96. The number of nitrogens with zero attached hydrogens (tertiary/aromatic N) is 1. The fourth-order valence-corrected chi connectivity index (χ4v) is 1.11. The Hall–Kier alpha value is -2.02. The maximum absolute atomic E-state index is 10.7. The van der Waals surface area contributed by atoms with Crippen LogP contribution in [-0.2, 0) is 6.42 Å². The van der Waals surface area contributed by atoms with E-state index in [-0.39, 0.29) is 17.7 Å². The van der Waals surface area contributed by atoms with Crippen LogP contribution in [-0.4, -0.2) is 18.2 Å². The average molecular weight is 191 g/mol. The van der Waals surface area contributed by atoms with E-state index >= 15 is 0 Å². The molecule has 0 spiro atoms. The van der Waals surface area contributed by atoms with Crippen LogP contribution in [0.15, 0.2) is 18.2 Å². The molecular weight excluding hydrogens is 182 g/mol. The fourth-order valence-electron chi connectivity index (χ4n) is 1.11. The Labute approximate surface area is 81.4 Å². The predicted octanol–water partition coefficient (Wildman–Crippen LogP) is 1.46. The van der Waals surface area contributed by atoms with Crippen molar-refractivity contribution in [2.24, 2.45) is 0 Å². The molecule has 0 radical (unpaired) electrons. The molecule has 4 nitrogen and oxygen atoms in total. The third-order valence-electron chi connectivity index (χ3n) is 1.78. The third-order valence-corrected chi connectivity index (χ3v) is 1.78. The number of hydrogen-bond acceptors (Lipinski definition) is 3. The topological polar surface area (TPSA) is 70.3 Å². The molecule has 0 bridgehead atoms. The molecule has 1 aromatic rings. The van der Waals surface area contributed by atoms with E-state index in [0.29, 0.717) is 0 Å². The monoisotopic (exact) mass is 191 g/mol. The summed E-state index contributed by atoms with van der Waals surface area (Å²) in [7, 11) is 1.40. The first kappa shape index (κ1) is 10.1. The van der Waals surface area contributed by atoms with E-state index in [9.17, 15) is 4.79 Å². The summed E-state index contributed by atoms with van der Waals surface area (Å²) in [6.45, 7) is 0. The summed E-state index contributed by atoms with van der Waals surface area (Å²) in [5.41, 5.74) is 0.850. The Morgan fingerprint density at radius 1 is 1.64 bits per heavy atom. The van der Waals surface area contributed by atoms with Gasteiger partial charge in [-0.1, -0.05) is 6.07 Å². The van der Waals surface area contributed by atoms with Gasteiger partial charge in [0.25, 0.3) is 0 Å². The molecule has 1 N–H and O–H groups in total. The molecule has 0 aliphatic rings. The Morgan fingerprint density at radius 2 is 2.36 bits per heavy atom. The zero-order chi connectivity index (χ0) is 10.6. The van der Waals surface area contributed by atoms with Crippen molar-refractivity contribution >= 4 is 5.97 Å². The van der Waals surface area contributed by atoms with Crippen LogP contribution in [0.5, 0.6) is 5.75 Å². The maximum atomic E-state index is 10.7. The standard InChI is InChI=1S/C10H9NO3/c1-14-9-6-7(4-5-11)2-3-8(9)10(12)13/h2-3,6H,4H2,1H3,(H,12,13). The van der Waals surface area contributed by atoms with Gasteiger partial charge in [-0.3, -0.25) is 0 Å². The molecule has 0 saturated heterocycles. The molecule has 0 heterocycles. The van der Waals surface area contributed by atoms with E-state index in [1.165, 1.54) is 13.2 Å². The summed E-state index contributed by atoms with van der Waals surface area (Å²) < 4.78 is 4.90. The van der Waals surface area contributed by atoms with Gasteiger partial charge in [0.15, 0.2) is 0 Å². The van der Waals surface area contributed by atoms with Crippen molar-refractivity contribution in [3.8, 4) is 11.8 Å². The lowest BCUT2D eigenvalue weighted by Gasteiger charge is -2.05. The van der Waals surface area contributed by atoms with Gasteiger partial charge in [-0.2, -0.15) is 5.26 Å². The zero-order valence-electron chi connectivity index (χ0n) is 7.65. The van der Waals surface area contributed by atoms with Crippen LogP contribution in [0.1, 0.15) is 15.9 Å². The van der Waals surface area contributed by atoms with Gasteiger partial charge < -0.3 is 9.84 Å². The number of nitriles is 1. The van der Waals surface area contributed by atoms with Crippen molar-refractivity contribution in [3.63, 3.8) is 0 Å². The first-order chi connectivity index (χ1) is 6.69. The second-order valence-corrected chi connectivity index (χ2v) is 2.67. The van der Waals surface area contributed by atoms with E-state index in [1.807, 2.05) is 6.07 Å². The van der Waals surface area contributed by atoms with Crippen LogP contribution >= 0.6 is 0 Å². The van der Waals surface area contributed by atoms with Crippen molar-refractivity contribution in [2.45, 2.75) is 6.42 Å². The predicted molar refractivity (Wildman–Crippen MR) is 49.3 cm³/mol. The maximum Gasteiger partial charge on any atom is 0.339 e. The summed E-state index contributed by atoms with van der Waals surface area (Å²) in [6, 6.07) is 6.59. The fraction of sp³-hybridized carbons (Fsp3) is 0.200.